The van der Waals surface area contributed by atoms with Crippen molar-refractivity contribution in [2.45, 2.75) is 39.2 Å². The van der Waals surface area contributed by atoms with Crippen molar-refractivity contribution in [3.05, 3.63) is 29.8 Å². The largest absolute Gasteiger partial charge is 0.497 e. The van der Waals surface area contributed by atoms with E-state index in [2.05, 4.69) is 12.2 Å². The van der Waals surface area contributed by atoms with Crippen LogP contribution >= 0.6 is 0 Å². The maximum atomic E-state index is 12.2. The lowest BCUT2D eigenvalue weighted by molar-refractivity contribution is -0.130. The van der Waals surface area contributed by atoms with Gasteiger partial charge in [0.2, 0.25) is 11.8 Å². The molecule has 0 aliphatic carbocycles. The van der Waals surface area contributed by atoms with Crippen LogP contribution in [0.3, 0.4) is 0 Å². The van der Waals surface area contributed by atoms with E-state index >= 15 is 0 Å². The number of benzene rings is 1. The molecule has 1 fully saturated rings. The first-order valence-electron chi connectivity index (χ1n) is 8.25. The van der Waals surface area contributed by atoms with Crippen LogP contribution in [0.1, 0.15) is 32.3 Å². The Kier molecular flexibility index (Phi) is 6.02. The van der Waals surface area contributed by atoms with E-state index < -0.39 is 0 Å². The molecule has 0 bridgehead atoms. The summed E-state index contributed by atoms with van der Waals surface area (Å²) in [5.74, 6) is 0.667. The Morgan fingerprint density at radius 3 is 2.96 bits per heavy atom. The average Bonchev–Trinajstić information content (AvgIpc) is 2.96. The molecule has 2 amide bonds. The number of amides is 2. The molecule has 1 saturated heterocycles. The highest BCUT2D eigenvalue weighted by Crippen LogP contribution is 2.21. The quantitative estimate of drug-likeness (QED) is 0.836. The summed E-state index contributed by atoms with van der Waals surface area (Å²) in [6, 6.07) is 8.02. The Morgan fingerprint density at radius 2 is 2.26 bits per heavy atom. The molecule has 0 aromatic heterocycles. The van der Waals surface area contributed by atoms with Gasteiger partial charge in [-0.1, -0.05) is 19.1 Å². The van der Waals surface area contributed by atoms with E-state index in [1.54, 1.807) is 7.11 Å². The molecule has 2 atom stereocenters. The number of nitrogens with zero attached hydrogens (tertiary/aromatic N) is 1. The van der Waals surface area contributed by atoms with Crippen molar-refractivity contribution in [3.63, 3.8) is 0 Å². The van der Waals surface area contributed by atoms with E-state index in [0.717, 1.165) is 24.2 Å². The molecule has 1 heterocycles. The molecule has 1 N–H and O–H groups in total. The van der Waals surface area contributed by atoms with Crippen LogP contribution in [0, 0.1) is 5.92 Å². The molecular weight excluding hydrogens is 292 g/mol. The summed E-state index contributed by atoms with van der Waals surface area (Å²) < 4.78 is 5.19. The number of hydrogen-bond acceptors (Lipinski definition) is 3. The summed E-state index contributed by atoms with van der Waals surface area (Å²) in [5.41, 5.74) is 1.12. The van der Waals surface area contributed by atoms with Gasteiger partial charge in [-0.05, 0) is 37.5 Å². The Bertz CT molecular complexity index is 559. The lowest BCUT2D eigenvalue weighted by atomic mass is 10.1. The zero-order valence-corrected chi connectivity index (χ0v) is 14.2. The third-order valence-electron chi connectivity index (χ3n) is 4.50. The fourth-order valence-electron chi connectivity index (χ4n) is 2.86. The van der Waals surface area contributed by atoms with Crippen LogP contribution in [-0.2, 0) is 16.0 Å². The van der Waals surface area contributed by atoms with Crippen molar-refractivity contribution >= 4 is 11.8 Å². The van der Waals surface area contributed by atoms with Gasteiger partial charge in [-0.3, -0.25) is 9.59 Å². The predicted molar refractivity (Wildman–Crippen MR) is 89.3 cm³/mol. The van der Waals surface area contributed by atoms with Crippen molar-refractivity contribution in [1.82, 2.24) is 10.2 Å². The maximum Gasteiger partial charge on any atom is 0.225 e. The SMILES string of the molecule is CCC(C)N1CC(C(=O)NCCc2cccc(OC)c2)CC1=O. The molecule has 23 heavy (non-hydrogen) atoms. The minimum Gasteiger partial charge on any atom is -0.497 e. The first-order chi connectivity index (χ1) is 11.0. The molecular formula is C18H26N2O3. The Hall–Kier alpha value is -2.04. The molecule has 126 valence electrons. The molecule has 1 aliphatic rings. The summed E-state index contributed by atoms with van der Waals surface area (Å²) >= 11 is 0. The van der Waals surface area contributed by atoms with Crippen molar-refractivity contribution < 1.29 is 14.3 Å². The number of carbonyl (C=O) groups excluding carboxylic acids is 2. The van der Waals surface area contributed by atoms with Gasteiger partial charge < -0.3 is 15.0 Å². The van der Waals surface area contributed by atoms with E-state index in [9.17, 15) is 9.59 Å². The summed E-state index contributed by atoms with van der Waals surface area (Å²) in [4.78, 5) is 26.1. The molecule has 0 radical (unpaired) electrons. The number of methoxy groups -OCH3 is 1. The standard InChI is InChI=1S/C18H26N2O3/c1-4-13(2)20-12-15(11-17(20)21)18(22)19-9-8-14-6-5-7-16(10-14)23-3/h5-7,10,13,15H,4,8-9,11-12H2,1-3H3,(H,19,22). The van der Waals surface area contributed by atoms with E-state index in [1.807, 2.05) is 36.1 Å². The molecule has 1 aromatic carbocycles. The van der Waals surface area contributed by atoms with Crippen LogP contribution in [0.5, 0.6) is 5.75 Å². The zero-order chi connectivity index (χ0) is 16.8. The third kappa shape index (κ3) is 4.47. The minimum absolute atomic E-state index is 0.0213. The first-order valence-corrected chi connectivity index (χ1v) is 8.25. The van der Waals surface area contributed by atoms with E-state index in [0.29, 0.717) is 19.5 Å². The van der Waals surface area contributed by atoms with Gasteiger partial charge in [0.05, 0.1) is 13.0 Å². The molecule has 0 saturated carbocycles. The van der Waals surface area contributed by atoms with Crippen LogP contribution in [0.4, 0.5) is 0 Å². The Balaban J connectivity index is 1.80. The summed E-state index contributed by atoms with van der Waals surface area (Å²) in [6.45, 7) is 5.19. The fourth-order valence-corrected chi connectivity index (χ4v) is 2.86. The molecule has 1 aliphatic heterocycles. The summed E-state index contributed by atoms with van der Waals surface area (Å²) in [7, 11) is 1.64. The second-order valence-electron chi connectivity index (χ2n) is 6.10. The molecule has 0 spiro atoms. The maximum absolute atomic E-state index is 12.2. The van der Waals surface area contributed by atoms with Gasteiger partial charge in [0.1, 0.15) is 5.75 Å². The van der Waals surface area contributed by atoms with E-state index in [-0.39, 0.29) is 23.8 Å². The Morgan fingerprint density at radius 1 is 1.48 bits per heavy atom. The molecule has 2 rings (SSSR count). The van der Waals surface area contributed by atoms with Crippen LogP contribution in [0.15, 0.2) is 24.3 Å². The Labute approximate surface area is 138 Å². The first kappa shape index (κ1) is 17.3. The second kappa shape index (κ2) is 7.99. The zero-order valence-electron chi connectivity index (χ0n) is 14.2. The van der Waals surface area contributed by atoms with Crippen LogP contribution in [-0.4, -0.2) is 43.0 Å². The number of rotatable bonds is 7. The fraction of sp³-hybridized carbons (Fsp3) is 0.556. The highest BCUT2D eigenvalue weighted by Gasteiger charge is 2.35. The molecule has 2 unspecified atom stereocenters. The number of ether oxygens (including phenoxy) is 1. The van der Waals surface area contributed by atoms with Crippen LogP contribution < -0.4 is 10.1 Å². The highest BCUT2D eigenvalue weighted by molar-refractivity contribution is 5.89. The van der Waals surface area contributed by atoms with Crippen molar-refractivity contribution in [2.75, 3.05) is 20.2 Å². The van der Waals surface area contributed by atoms with E-state index in [4.69, 9.17) is 4.74 Å². The second-order valence-corrected chi connectivity index (χ2v) is 6.10. The van der Waals surface area contributed by atoms with Crippen LogP contribution in [0.25, 0.3) is 0 Å². The third-order valence-corrected chi connectivity index (χ3v) is 4.50. The monoisotopic (exact) mass is 318 g/mol. The number of likely N-dealkylation sites (tertiary alicyclic amines) is 1. The van der Waals surface area contributed by atoms with Gasteiger partial charge in [-0.25, -0.2) is 0 Å². The number of nitrogens with one attached hydrogen (secondary N) is 1. The molecule has 1 aromatic rings. The van der Waals surface area contributed by atoms with E-state index in [1.165, 1.54) is 0 Å². The van der Waals surface area contributed by atoms with Crippen molar-refractivity contribution in [2.24, 2.45) is 5.92 Å². The predicted octanol–water partition coefficient (Wildman–Crippen LogP) is 2.00. The molecule has 5 heteroatoms. The lowest BCUT2D eigenvalue weighted by Crippen LogP contribution is -2.37. The van der Waals surface area contributed by atoms with Gasteiger partial charge in [0.15, 0.2) is 0 Å². The molecule has 5 nitrogen and oxygen atoms in total. The minimum atomic E-state index is -0.221. The summed E-state index contributed by atoms with van der Waals surface area (Å²) in [6.07, 6.45) is 1.99. The lowest BCUT2D eigenvalue weighted by Gasteiger charge is -2.23. The smallest absolute Gasteiger partial charge is 0.225 e. The van der Waals surface area contributed by atoms with Gasteiger partial charge in [0, 0.05) is 25.6 Å². The number of hydrogen-bond donors (Lipinski definition) is 1. The number of carbonyl (C=O) groups is 2. The summed E-state index contributed by atoms with van der Waals surface area (Å²) in [5, 5.41) is 2.95. The highest BCUT2D eigenvalue weighted by atomic mass is 16.5. The van der Waals surface area contributed by atoms with Gasteiger partial charge in [0.25, 0.3) is 0 Å². The van der Waals surface area contributed by atoms with Crippen LogP contribution in [0.2, 0.25) is 0 Å². The van der Waals surface area contributed by atoms with Gasteiger partial charge >= 0.3 is 0 Å². The van der Waals surface area contributed by atoms with Gasteiger partial charge in [-0.15, -0.1) is 0 Å². The van der Waals surface area contributed by atoms with Gasteiger partial charge in [-0.2, -0.15) is 0 Å². The van der Waals surface area contributed by atoms with Crippen molar-refractivity contribution in [1.29, 1.82) is 0 Å². The normalized spacial score (nSPS) is 18.8. The van der Waals surface area contributed by atoms with Crippen molar-refractivity contribution in [3.8, 4) is 5.75 Å². The topological polar surface area (TPSA) is 58.6 Å². The average molecular weight is 318 g/mol.